The maximum atomic E-state index is 12.0. The van der Waals surface area contributed by atoms with Gasteiger partial charge >= 0.3 is 5.97 Å². The van der Waals surface area contributed by atoms with E-state index in [1.807, 2.05) is 0 Å². The normalized spacial score (nSPS) is 10.9. The van der Waals surface area contributed by atoms with Crippen LogP contribution in [0.5, 0.6) is 0 Å². The van der Waals surface area contributed by atoms with Crippen LogP contribution in [0.4, 0.5) is 8.78 Å². The third kappa shape index (κ3) is 4.87. The maximum Gasteiger partial charge on any atom is 0.328 e. The van der Waals surface area contributed by atoms with Crippen LogP contribution in [0.15, 0.2) is 24.3 Å². The summed E-state index contributed by atoms with van der Waals surface area (Å²) in [6, 6.07) is 4.57. The van der Waals surface area contributed by atoms with Crippen LogP contribution in [-0.2, 0) is 4.79 Å². The van der Waals surface area contributed by atoms with Crippen LogP contribution >= 0.6 is 0 Å². The summed E-state index contributed by atoms with van der Waals surface area (Å²) in [5.74, 6) is -1.72. The van der Waals surface area contributed by atoms with Gasteiger partial charge in [0.05, 0.1) is 6.54 Å². The monoisotopic (exact) mass is 269 g/mol. The van der Waals surface area contributed by atoms with Crippen molar-refractivity contribution in [3.8, 4) is 0 Å². The first-order valence-corrected chi connectivity index (χ1v) is 5.48. The van der Waals surface area contributed by atoms with Crippen molar-refractivity contribution in [2.45, 2.75) is 13.3 Å². The van der Waals surface area contributed by atoms with E-state index in [2.05, 4.69) is 5.32 Å². The Balaban J connectivity index is 2.89. The average Bonchev–Trinajstić information content (AvgIpc) is 2.34. The lowest BCUT2D eigenvalue weighted by molar-refractivity contribution is -0.131. The van der Waals surface area contributed by atoms with E-state index in [-0.39, 0.29) is 5.56 Å². The van der Waals surface area contributed by atoms with E-state index < -0.39 is 24.8 Å². The van der Waals surface area contributed by atoms with E-state index in [0.717, 1.165) is 11.6 Å². The second kappa shape index (κ2) is 6.63. The van der Waals surface area contributed by atoms with Gasteiger partial charge in [-0.3, -0.25) is 4.79 Å². The molecule has 0 aliphatic carbocycles. The number of carboxylic acid groups (broad SMARTS) is 1. The fourth-order valence-electron chi connectivity index (χ4n) is 1.39. The van der Waals surface area contributed by atoms with Gasteiger partial charge < -0.3 is 10.4 Å². The Kier molecular flexibility index (Phi) is 5.17. The highest BCUT2D eigenvalue weighted by Crippen LogP contribution is 2.13. The van der Waals surface area contributed by atoms with Crippen molar-refractivity contribution in [2.24, 2.45) is 0 Å². The number of halogens is 2. The molecule has 0 heterocycles. The lowest BCUT2D eigenvalue weighted by Gasteiger charge is -2.07. The number of hydrogen-bond acceptors (Lipinski definition) is 2. The topological polar surface area (TPSA) is 66.4 Å². The molecule has 1 rings (SSSR count). The number of benzene rings is 1. The Labute approximate surface area is 108 Å². The number of carboxylic acids is 1. The number of nitrogens with one attached hydrogen (secondary N) is 1. The Morgan fingerprint density at radius 2 is 2.11 bits per heavy atom. The van der Waals surface area contributed by atoms with E-state index in [1.54, 1.807) is 13.0 Å². The molecule has 0 aromatic heterocycles. The van der Waals surface area contributed by atoms with Crippen molar-refractivity contribution in [3.05, 3.63) is 41.0 Å². The molecule has 0 radical (unpaired) electrons. The number of aryl methyl sites for hydroxylation is 1. The summed E-state index contributed by atoms with van der Waals surface area (Å²) in [7, 11) is 0. The summed E-state index contributed by atoms with van der Waals surface area (Å²) in [6.45, 7) is 1.04. The van der Waals surface area contributed by atoms with Gasteiger partial charge in [0.15, 0.2) is 0 Å². The quantitative estimate of drug-likeness (QED) is 0.804. The lowest BCUT2D eigenvalue weighted by atomic mass is 10.0. The first-order valence-electron chi connectivity index (χ1n) is 5.48. The molecular weight excluding hydrogens is 256 g/mol. The van der Waals surface area contributed by atoms with Gasteiger partial charge in [-0.25, -0.2) is 13.6 Å². The number of hydrogen-bond donors (Lipinski definition) is 2. The van der Waals surface area contributed by atoms with Crippen molar-refractivity contribution in [3.63, 3.8) is 0 Å². The summed E-state index contributed by atoms with van der Waals surface area (Å²) < 4.78 is 23.9. The van der Waals surface area contributed by atoms with Gasteiger partial charge in [0.25, 0.3) is 12.3 Å². The molecule has 6 heteroatoms. The van der Waals surface area contributed by atoms with Crippen molar-refractivity contribution in [2.75, 3.05) is 6.54 Å². The molecule has 0 aliphatic rings. The van der Waals surface area contributed by atoms with Gasteiger partial charge in [-0.1, -0.05) is 6.07 Å². The van der Waals surface area contributed by atoms with Gasteiger partial charge in [-0.05, 0) is 36.3 Å². The van der Waals surface area contributed by atoms with Crippen LogP contribution in [0.1, 0.15) is 21.5 Å². The van der Waals surface area contributed by atoms with E-state index >= 15 is 0 Å². The molecule has 0 spiro atoms. The number of carbonyl (C=O) groups is 2. The standard InChI is InChI=1S/C13H13F2NO3/c1-8-2-3-10(13(19)16-7-11(14)15)6-9(8)4-5-12(17)18/h2-6,11H,7H2,1H3,(H,16,19)(H,17,18)/b5-4+. The molecule has 0 aliphatic heterocycles. The third-order valence-corrected chi connectivity index (χ3v) is 2.36. The molecule has 0 fully saturated rings. The van der Waals surface area contributed by atoms with E-state index in [4.69, 9.17) is 5.11 Å². The Bertz CT molecular complexity index is 513. The zero-order chi connectivity index (χ0) is 14.4. The van der Waals surface area contributed by atoms with Crippen molar-refractivity contribution < 1.29 is 23.5 Å². The highest BCUT2D eigenvalue weighted by molar-refractivity contribution is 5.95. The molecule has 0 bridgehead atoms. The minimum atomic E-state index is -2.61. The second-order valence-corrected chi connectivity index (χ2v) is 3.84. The van der Waals surface area contributed by atoms with Crippen molar-refractivity contribution in [1.82, 2.24) is 5.32 Å². The van der Waals surface area contributed by atoms with E-state index in [9.17, 15) is 18.4 Å². The molecule has 19 heavy (non-hydrogen) atoms. The first kappa shape index (κ1) is 14.8. The highest BCUT2D eigenvalue weighted by atomic mass is 19.3. The van der Waals surface area contributed by atoms with Crippen LogP contribution in [-0.4, -0.2) is 30.0 Å². The van der Waals surface area contributed by atoms with E-state index in [1.165, 1.54) is 18.2 Å². The molecule has 0 atom stereocenters. The van der Waals surface area contributed by atoms with Gasteiger partial charge in [0.1, 0.15) is 0 Å². The average molecular weight is 269 g/mol. The smallest absolute Gasteiger partial charge is 0.328 e. The largest absolute Gasteiger partial charge is 0.478 e. The Hall–Kier alpha value is -2.24. The predicted octanol–water partition coefficient (Wildman–Crippen LogP) is 2.09. The highest BCUT2D eigenvalue weighted by Gasteiger charge is 2.09. The zero-order valence-corrected chi connectivity index (χ0v) is 10.2. The SMILES string of the molecule is Cc1ccc(C(=O)NCC(F)F)cc1/C=C/C(=O)O. The number of amides is 1. The summed E-state index contributed by atoms with van der Waals surface area (Å²) in [4.78, 5) is 22.0. The molecule has 0 saturated heterocycles. The molecular formula is C13H13F2NO3. The number of alkyl halides is 2. The van der Waals surface area contributed by atoms with Crippen LogP contribution in [0.3, 0.4) is 0 Å². The van der Waals surface area contributed by atoms with Crippen molar-refractivity contribution >= 4 is 18.0 Å². The molecule has 0 unspecified atom stereocenters. The van der Waals surface area contributed by atoms with Crippen LogP contribution < -0.4 is 5.32 Å². The maximum absolute atomic E-state index is 12.0. The molecule has 1 amide bonds. The first-order chi connectivity index (χ1) is 8.90. The molecule has 0 saturated carbocycles. The van der Waals surface area contributed by atoms with Gasteiger partial charge in [0.2, 0.25) is 0 Å². The summed E-state index contributed by atoms with van der Waals surface area (Å²) in [5.41, 5.74) is 1.53. The zero-order valence-electron chi connectivity index (χ0n) is 10.2. The summed E-state index contributed by atoms with van der Waals surface area (Å²) >= 11 is 0. The minimum absolute atomic E-state index is 0.205. The van der Waals surface area contributed by atoms with Gasteiger partial charge in [0, 0.05) is 11.6 Å². The summed E-state index contributed by atoms with van der Waals surface area (Å²) in [6.07, 6.45) is -0.314. The Morgan fingerprint density at radius 3 is 2.68 bits per heavy atom. The molecule has 1 aromatic carbocycles. The minimum Gasteiger partial charge on any atom is -0.478 e. The Morgan fingerprint density at radius 1 is 1.42 bits per heavy atom. The van der Waals surface area contributed by atoms with Gasteiger partial charge in [-0.2, -0.15) is 0 Å². The van der Waals surface area contributed by atoms with Crippen LogP contribution in [0.25, 0.3) is 6.08 Å². The van der Waals surface area contributed by atoms with Crippen LogP contribution in [0.2, 0.25) is 0 Å². The summed E-state index contributed by atoms with van der Waals surface area (Å²) in [5, 5.41) is 10.6. The predicted molar refractivity (Wildman–Crippen MR) is 66.2 cm³/mol. The van der Waals surface area contributed by atoms with Crippen molar-refractivity contribution in [1.29, 1.82) is 0 Å². The van der Waals surface area contributed by atoms with E-state index in [0.29, 0.717) is 5.56 Å². The molecule has 4 nitrogen and oxygen atoms in total. The fraction of sp³-hybridized carbons (Fsp3) is 0.231. The second-order valence-electron chi connectivity index (χ2n) is 3.84. The fourth-order valence-corrected chi connectivity index (χ4v) is 1.39. The molecule has 2 N–H and O–H groups in total. The van der Waals surface area contributed by atoms with Crippen LogP contribution in [0, 0.1) is 6.92 Å². The third-order valence-electron chi connectivity index (χ3n) is 2.36. The molecule has 1 aromatic rings. The number of carbonyl (C=O) groups excluding carboxylic acids is 1. The lowest BCUT2D eigenvalue weighted by Crippen LogP contribution is -2.28. The number of rotatable bonds is 5. The van der Waals surface area contributed by atoms with Gasteiger partial charge in [-0.15, -0.1) is 0 Å². The number of aliphatic carboxylic acids is 1. The molecule has 102 valence electrons.